The fourth-order valence-electron chi connectivity index (χ4n) is 4.18. The van der Waals surface area contributed by atoms with Gasteiger partial charge in [-0.3, -0.25) is 4.79 Å². The van der Waals surface area contributed by atoms with Crippen molar-refractivity contribution in [1.29, 1.82) is 0 Å². The average Bonchev–Trinajstić information content (AvgIpc) is 3.20. The number of carboxylic acid groups (broad SMARTS) is 1. The summed E-state index contributed by atoms with van der Waals surface area (Å²) in [7, 11) is -1.25. The Hall–Kier alpha value is -3.04. The van der Waals surface area contributed by atoms with Gasteiger partial charge < -0.3 is 14.4 Å². The minimum absolute atomic E-state index is 0.131. The molecule has 8 nitrogen and oxygen atoms in total. The number of hydrogen-bond acceptors (Lipinski definition) is 6. The molecule has 0 amide bonds. The molecule has 0 aliphatic heterocycles. The predicted molar refractivity (Wildman–Crippen MR) is 128 cm³/mol. The summed E-state index contributed by atoms with van der Waals surface area (Å²) in [5, 5.41) is 13.4. The van der Waals surface area contributed by atoms with E-state index < -0.39 is 17.0 Å². The van der Waals surface area contributed by atoms with Crippen molar-refractivity contribution in [1.82, 2.24) is 14.9 Å². The number of carbonyl (C=O) groups is 1. The van der Waals surface area contributed by atoms with Gasteiger partial charge in [-0.05, 0) is 57.2 Å². The molecular weight excluding hydrogens is 454 g/mol. The number of pyridine rings is 1. The Morgan fingerprint density at radius 1 is 1.18 bits per heavy atom. The number of ether oxygens (including phenoxy) is 1. The first-order valence-electron chi connectivity index (χ1n) is 11.4. The van der Waals surface area contributed by atoms with Crippen molar-refractivity contribution in [2.45, 2.75) is 57.9 Å². The van der Waals surface area contributed by atoms with Crippen LogP contribution in [0.5, 0.6) is 5.75 Å². The summed E-state index contributed by atoms with van der Waals surface area (Å²) in [5.74, 6) is 0.462. The van der Waals surface area contributed by atoms with E-state index in [1.165, 1.54) is 0 Å². The third kappa shape index (κ3) is 5.90. The number of nitrogens with one attached hydrogen (secondary N) is 1. The van der Waals surface area contributed by atoms with Crippen molar-refractivity contribution < 1.29 is 23.4 Å². The van der Waals surface area contributed by atoms with Crippen LogP contribution in [0, 0.1) is 19.8 Å². The summed E-state index contributed by atoms with van der Waals surface area (Å²) in [6.07, 6.45) is 2.75. The number of aromatic nitrogens is 2. The Balaban J connectivity index is 1.43. The molecule has 34 heavy (non-hydrogen) atoms. The monoisotopic (exact) mass is 483 g/mol. The molecule has 1 aromatic carbocycles. The molecular formula is C25H29N3O5S. The summed E-state index contributed by atoms with van der Waals surface area (Å²) in [5.41, 5.74) is 3.81. The standard InChI is InChI=1S/C25H29N3O5S/c1-16-21(14-26-34(31)15-18-7-4-3-5-8-18)24(33-28-16)22-11-12-23(17(2)27-22)32-20-10-6-9-19(13-20)25(29)30/h3-5,7-8,11-12,19-20,26H,6,9-10,13-15H2,1-2H3,(H,29,30)/t19-,20-,34?/m0/s1. The first kappa shape index (κ1) is 24.1. The van der Waals surface area contributed by atoms with E-state index in [1.54, 1.807) is 0 Å². The molecule has 4 rings (SSSR count). The number of rotatable bonds is 9. The van der Waals surface area contributed by atoms with Crippen molar-refractivity contribution in [2.75, 3.05) is 0 Å². The summed E-state index contributed by atoms with van der Waals surface area (Å²) < 4.78 is 27.2. The van der Waals surface area contributed by atoms with Crippen molar-refractivity contribution >= 4 is 17.0 Å². The molecule has 3 atom stereocenters. The molecule has 2 heterocycles. The SMILES string of the molecule is Cc1nc(-c2onc(C)c2CNS(=O)Cc2ccccc2)ccc1O[C@H]1CCC[C@H](C(=O)O)C1. The van der Waals surface area contributed by atoms with Crippen LogP contribution in [0.3, 0.4) is 0 Å². The van der Waals surface area contributed by atoms with Crippen LogP contribution in [0.25, 0.3) is 11.5 Å². The molecule has 0 radical (unpaired) electrons. The highest BCUT2D eigenvalue weighted by Crippen LogP contribution is 2.31. The Labute approximate surface area is 201 Å². The van der Waals surface area contributed by atoms with Crippen LogP contribution in [-0.2, 0) is 28.1 Å². The molecule has 9 heteroatoms. The highest BCUT2D eigenvalue weighted by atomic mass is 32.2. The average molecular weight is 484 g/mol. The summed E-state index contributed by atoms with van der Waals surface area (Å²) in [6, 6.07) is 13.3. The smallest absolute Gasteiger partial charge is 0.306 e. The second-order valence-corrected chi connectivity index (χ2v) is 9.86. The molecule has 1 aliphatic rings. The normalized spacial score (nSPS) is 19.0. The molecule has 1 aliphatic carbocycles. The largest absolute Gasteiger partial charge is 0.489 e. The van der Waals surface area contributed by atoms with E-state index in [-0.39, 0.29) is 12.0 Å². The number of aryl methyl sites for hydroxylation is 2. The lowest BCUT2D eigenvalue weighted by Crippen LogP contribution is -2.29. The molecule has 2 aromatic heterocycles. The highest BCUT2D eigenvalue weighted by Gasteiger charge is 2.28. The third-order valence-electron chi connectivity index (χ3n) is 6.07. The number of aliphatic carboxylic acids is 1. The van der Waals surface area contributed by atoms with Crippen LogP contribution in [0.15, 0.2) is 47.0 Å². The number of benzene rings is 1. The molecule has 1 unspecified atom stereocenters. The Morgan fingerprint density at radius 3 is 2.71 bits per heavy atom. The summed E-state index contributed by atoms with van der Waals surface area (Å²) in [4.78, 5) is 16.0. The molecule has 1 saturated carbocycles. The van der Waals surface area contributed by atoms with Gasteiger partial charge in [0.05, 0.1) is 40.1 Å². The number of nitrogens with zero attached hydrogens (tertiary/aromatic N) is 2. The van der Waals surface area contributed by atoms with Crippen LogP contribution < -0.4 is 9.46 Å². The Kier molecular flexibility index (Phi) is 7.74. The second kappa shape index (κ2) is 10.9. The fraction of sp³-hybridized carbons (Fsp3) is 0.400. The maximum absolute atomic E-state index is 12.5. The zero-order valence-electron chi connectivity index (χ0n) is 19.3. The zero-order chi connectivity index (χ0) is 24.1. The fourth-order valence-corrected chi connectivity index (χ4v) is 5.09. The Bertz CT molecular complexity index is 1160. The molecule has 0 spiro atoms. The molecule has 0 bridgehead atoms. The highest BCUT2D eigenvalue weighted by molar-refractivity contribution is 7.82. The zero-order valence-corrected chi connectivity index (χ0v) is 20.1. The van der Waals surface area contributed by atoms with Gasteiger partial charge in [0, 0.05) is 12.1 Å². The predicted octanol–water partition coefficient (Wildman–Crippen LogP) is 4.33. The first-order chi connectivity index (χ1) is 16.4. The third-order valence-corrected chi connectivity index (χ3v) is 7.14. The first-order valence-corrected chi connectivity index (χ1v) is 12.7. The molecule has 2 N–H and O–H groups in total. The van der Waals surface area contributed by atoms with Gasteiger partial charge in [0.1, 0.15) is 11.4 Å². The van der Waals surface area contributed by atoms with E-state index in [0.717, 1.165) is 24.0 Å². The molecule has 180 valence electrons. The van der Waals surface area contributed by atoms with E-state index in [1.807, 2.05) is 56.3 Å². The van der Waals surface area contributed by atoms with Crippen LogP contribution in [0.4, 0.5) is 0 Å². The van der Waals surface area contributed by atoms with Gasteiger partial charge in [0.15, 0.2) is 5.76 Å². The van der Waals surface area contributed by atoms with E-state index in [4.69, 9.17) is 9.26 Å². The van der Waals surface area contributed by atoms with E-state index >= 15 is 0 Å². The van der Waals surface area contributed by atoms with Gasteiger partial charge in [-0.1, -0.05) is 35.5 Å². The van der Waals surface area contributed by atoms with Crippen LogP contribution in [0.1, 0.15) is 48.2 Å². The Morgan fingerprint density at radius 2 is 1.97 bits per heavy atom. The van der Waals surface area contributed by atoms with Crippen LogP contribution in [-0.4, -0.2) is 31.5 Å². The lowest BCUT2D eigenvalue weighted by Gasteiger charge is -2.27. The number of carboxylic acids is 1. The topological polar surface area (TPSA) is 115 Å². The van der Waals surface area contributed by atoms with Gasteiger partial charge in [-0.25, -0.2) is 13.9 Å². The summed E-state index contributed by atoms with van der Waals surface area (Å²) in [6.45, 7) is 4.03. The minimum Gasteiger partial charge on any atom is -0.489 e. The lowest BCUT2D eigenvalue weighted by molar-refractivity contribution is -0.143. The molecule has 3 aromatic rings. The lowest BCUT2D eigenvalue weighted by atomic mass is 9.87. The van der Waals surface area contributed by atoms with Crippen molar-refractivity contribution in [3.05, 3.63) is 65.0 Å². The van der Waals surface area contributed by atoms with Gasteiger partial charge >= 0.3 is 5.97 Å². The van der Waals surface area contributed by atoms with E-state index in [9.17, 15) is 14.1 Å². The maximum Gasteiger partial charge on any atom is 0.306 e. The molecule has 0 saturated heterocycles. The second-order valence-electron chi connectivity index (χ2n) is 8.59. The number of hydrogen-bond donors (Lipinski definition) is 2. The van der Waals surface area contributed by atoms with Gasteiger partial charge in [-0.15, -0.1) is 0 Å². The summed E-state index contributed by atoms with van der Waals surface area (Å²) >= 11 is 0. The van der Waals surface area contributed by atoms with Gasteiger partial charge in [-0.2, -0.15) is 0 Å². The molecule has 1 fully saturated rings. The van der Waals surface area contributed by atoms with Crippen molar-refractivity contribution in [2.24, 2.45) is 5.92 Å². The van der Waals surface area contributed by atoms with Crippen molar-refractivity contribution in [3.63, 3.8) is 0 Å². The van der Waals surface area contributed by atoms with Gasteiger partial charge in [0.2, 0.25) is 0 Å². The van der Waals surface area contributed by atoms with Crippen LogP contribution >= 0.6 is 0 Å². The maximum atomic E-state index is 12.5. The van der Waals surface area contributed by atoms with Crippen molar-refractivity contribution in [3.8, 4) is 17.2 Å². The quantitative estimate of drug-likeness (QED) is 0.465. The minimum atomic E-state index is -1.25. The van der Waals surface area contributed by atoms with Crippen LogP contribution in [0.2, 0.25) is 0 Å². The van der Waals surface area contributed by atoms with Gasteiger partial charge in [0.25, 0.3) is 0 Å². The van der Waals surface area contributed by atoms with E-state index in [0.29, 0.717) is 53.7 Å². The van der Waals surface area contributed by atoms with E-state index in [2.05, 4.69) is 14.9 Å².